The first-order chi connectivity index (χ1) is 15.5. The number of benzene rings is 1. The van der Waals surface area contributed by atoms with Gasteiger partial charge in [-0.05, 0) is 44.7 Å². The molecule has 0 bridgehead atoms. The van der Waals surface area contributed by atoms with E-state index in [1.807, 2.05) is 21.6 Å². The average Bonchev–Trinajstić information content (AvgIpc) is 3.52. The zero-order valence-corrected chi connectivity index (χ0v) is 17.8. The van der Waals surface area contributed by atoms with E-state index in [1.54, 1.807) is 25.3 Å². The Morgan fingerprint density at radius 1 is 1.31 bits per heavy atom. The number of anilines is 1. The Morgan fingerprint density at radius 3 is 2.81 bits per heavy atom. The number of carboxylic acids is 1. The van der Waals surface area contributed by atoms with Gasteiger partial charge in [0, 0.05) is 36.6 Å². The first-order valence-electron chi connectivity index (χ1n) is 10.9. The number of aromatic carboxylic acids is 1. The number of rotatable bonds is 6. The van der Waals surface area contributed by atoms with Crippen LogP contribution in [-0.4, -0.2) is 39.8 Å². The quantitative estimate of drug-likeness (QED) is 0.629. The van der Waals surface area contributed by atoms with Crippen molar-refractivity contribution >= 4 is 22.6 Å². The minimum atomic E-state index is -1.29. The Hall–Kier alpha value is -3.42. The van der Waals surface area contributed by atoms with Crippen LogP contribution in [0.1, 0.15) is 47.6 Å². The van der Waals surface area contributed by atoms with Crippen LogP contribution in [-0.2, 0) is 0 Å². The van der Waals surface area contributed by atoms with Gasteiger partial charge in [-0.1, -0.05) is 6.07 Å². The summed E-state index contributed by atoms with van der Waals surface area (Å²) < 4.78 is 23.3. The highest BCUT2D eigenvalue weighted by atomic mass is 19.1. The Morgan fingerprint density at radius 2 is 2.12 bits per heavy atom. The summed E-state index contributed by atoms with van der Waals surface area (Å²) in [6.45, 7) is 2.61. The van der Waals surface area contributed by atoms with Crippen LogP contribution in [0.4, 0.5) is 10.1 Å². The van der Waals surface area contributed by atoms with Gasteiger partial charge in [0.15, 0.2) is 0 Å². The molecule has 3 aromatic rings. The summed E-state index contributed by atoms with van der Waals surface area (Å²) in [7, 11) is 0. The molecule has 166 valence electrons. The van der Waals surface area contributed by atoms with Crippen molar-refractivity contribution in [3.63, 3.8) is 0 Å². The number of ether oxygens (including phenoxy) is 1. The number of carboxylic acid groups (broad SMARTS) is 1. The van der Waals surface area contributed by atoms with Crippen molar-refractivity contribution < 1.29 is 19.0 Å². The van der Waals surface area contributed by atoms with E-state index in [-0.39, 0.29) is 28.6 Å². The van der Waals surface area contributed by atoms with Gasteiger partial charge >= 0.3 is 5.97 Å². The Bertz CT molecular complexity index is 1250. The monoisotopic (exact) mass is 437 g/mol. The third-order valence-corrected chi connectivity index (χ3v) is 6.40. The molecule has 0 amide bonds. The summed E-state index contributed by atoms with van der Waals surface area (Å²) in [5.41, 5.74) is 0.259. The number of hydrogen-bond acceptors (Lipinski definition) is 5. The van der Waals surface area contributed by atoms with E-state index in [0.29, 0.717) is 30.2 Å². The van der Waals surface area contributed by atoms with Crippen molar-refractivity contribution in [1.29, 1.82) is 0 Å². The predicted molar refractivity (Wildman–Crippen MR) is 118 cm³/mol. The van der Waals surface area contributed by atoms with Crippen molar-refractivity contribution in [2.45, 2.75) is 44.7 Å². The van der Waals surface area contributed by atoms with Crippen LogP contribution in [0.3, 0.4) is 0 Å². The van der Waals surface area contributed by atoms with Crippen LogP contribution in [0.25, 0.3) is 10.9 Å². The topological polar surface area (TPSA) is 84.7 Å². The van der Waals surface area contributed by atoms with E-state index in [1.165, 1.54) is 6.20 Å². The van der Waals surface area contributed by atoms with Crippen LogP contribution in [0.2, 0.25) is 0 Å². The van der Waals surface area contributed by atoms with Crippen molar-refractivity contribution in [1.82, 2.24) is 9.55 Å². The maximum absolute atomic E-state index is 15.6. The second-order valence-electron chi connectivity index (χ2n) is 8.51. The second kappa shape index (κ2) is 7.93. The standard InChI is InChI=1S/C24H24FN3O4/c1-14-21-18(28(15-7-8-15)12-17(23(21)29)24(30)31)11-19(22(14)25)27-10-4-5-16(27)13-32-20-6-2-3-9-26-20/h2-3,6,9,11-12,15-16H,4-5,7-8,10,13H2,1H3,(H,30,31)/t16-/m1/s1. The van der Waals surface area contributed by atoms with E-state index in [4.69, 9.17) is 4.74 Å². The Balaban J connectivity index is 1.57. The zero-order chi connectivity index (χ0) is 22.4. The molecule has 1 atom stereocenters. The average molecular weight is 437 g/mol. The van der Waals surface area contributed by atoms with Crippen molar-refractivity contribution in [2.75, 3.05) is 18.1 Å². The summed E-state index contributed by atoms with van der Waals surface area (Å²) in [6.07, 6.45) is 6.66. The van der Waals surface area contributed by atoms with Crippen LogP contribution in [0.15, 0.2) is 41.5 Å². The molecule has 32 heavy (non-hydrogen) atoms. The smallest absolute Gasteiger partial charge is 0.341 e. The summed E-state index contributed by atoms with van der Waals surface area (Å²) in [6, 6.07) is 7.27. The summed E-state index contributed by atoms with van der Waals surface area (Å²) in [5.74, 6) is -1.25. The van der Waals surface area contributed by atoms with Gasteiger partial charge in [0.25, 0.3) is 0 Å². The lowest BCUT2D eigenvalue weighted by Gasteiger charge is -2.28. The molecule has 1 N–H and O–H groups in total. The first kappa shape index (κ1) is 20.5. The summed E-state index contributed by atoms with van der Waals surface area (Å²) in [5, 5.41) is 9.64. The lowest BCUT2D eigenvalue weighted by molar-refractivity contribution is 0.0695. The molecule has 0 radical (unpaired) electrons. The van der Waals surface area contributed by atoms with Gasteiger partial charge in [-0.2, -0.15) is 0 Å². The molecule has 0 unspecified atom stereocenters. The van der Waals surface area contributed by atoms with Gasteiger partial charge in [0.05, 0.1) is 22.6 Å². The Kier molecular flexibility index (Phi) is 5.07. The van der Waals surface area contributed by atoms with E-state index >= 15 is 4.39 Å². The molecule has 8 heteroatoms. The molecule has 1 saturated carbocycles. The molecule has 2 aliphatic rings. The first-order valence-corrected chi connectivity index (χ1v) is 10.9. The molecule has 3 heterocycles. The lowest BCUT2D eigenvalue weighted by Crippen LogP contribution is -2.35. The van der Waals surface area contributed by atoms with Crippen LogP contribution in [0.5, 0.6) is 5.88 Å². The minimum absolute atomic E-state index is 0.0252. The number of aryl methyl sites for hydroxylation is 1. The highest BCUT2D eigenvalue weighted by Crippen LogP contribution is 2.40. The minimum Gasteiger partial charge on any atom is -0.477 e. The Labute approximate surface area is 184 Å². The normalized spacial score (nSPS) is 18.3. The van der Waals surface area contributed by atoms with Crippen LogP contribution in [0, 0.1) is 12.7 Å². The number of halogens is 1. The molecule has 7 nitrogen and oxygen atoms in total. The van der Waals surface area contributed by atoms with Gasteiger partial charge in [0.2, 0.25) is 11.3 Å². The van der Waals surface area contributed by atoms with E-state index < -0.39 is 17.2 Å². The number of nitrogens with zero attached hydrogens (tertiary/aromatic N) is 3. The fourth-order valence-electron chi connectivity index (χ4n) is 4.61. The molecular formula is C24H24FN3O4. The van der Waals surface area contributed by atoms with E-state index in [2.05, 4.69) is 4.98 Å². The summed E-state index contributed by atoms with van der Waals surface area (Å²) in [4.78, 5) is 30.7. The highest BCUT2D eigenvalue weighted by Gasteiger charge is 2.32. The second-order valence-corrected chi connectivity index (χ2v) is 8.51. The number of aromatic nitrogens is 2. The molecule has 2 aromatic heterocycles. The van der Waals surface area contributed by atoms with Crippen molar-refractivity contribution in [2.24, 2.45) is 0 Å². The van der Waals surface area contributed by atoms with Gasteiger partial charge in [-0.3, -0.25) is 4.79 Å². The molecule has 1 aliphatic carbocycles. The number of hydrogen-bond donors (Lipinski definition) is 1. The molecule has 5 rings (SSSR count). The van der Waals surface area contributed by atoms with Gasteiger partial charge in [-0.15, -0.1) is 0 Å². The lowest BCUT2D eigenvalue weighted by atomic mass is 10.0. The maximum Gasteiger partial charge on any atom is 0.341 e. The zero-order valence-electron chi connectivity index (χ0n) is 17.8. The number of fused-ring (bicyclic) bond motifs is 1. The van der Waals surface area contributed by atoms with Crippen LogP contribution >= 0.6 is 0 Å². The SMILES string of the molecule is Cc1c(F)c(N2CCC[C@@H]2COc2ccccn2)cc2c1c(=O)c(C(=O)O)cn2C1CC1. The summed E-state index contributed by atoms with van der Waals surface area (Å²) >= 11 is 0. The van der Waals surface area contributed by atoms with Gasteiger partial charge in [-0.25, -0.2) is 14.2 Å². The predicted octanol–water partition coefficient (Wildman–Crippen LogP) is 3.92. The fourth-order valence-corrected chi connectivity index (χ4v) is 4.61. The number of pyridine rings is 2. The number of carbonyl (C=O) groups is 1. The van der Waals surface area contributed by atoms with E-state index in [9.17, 15) is 14.7 Å². The molecule has 1 saturated heterocycles. The maximum atomic E-state index is 15.6. The molecule has 1 aliphatic heterocycles. The van der Waals surface area contributed by atoms with E-state index in [0.717, 1.165) is 25.7 Å². The molecule has 1 aromatic carbocycles. The third kappa shape index (κ3) is 3.49. The highest BCUT2D eigenvalue weighted by molar-refractivity contribution is 5.95. The van der Waals surface area contributed by atoms with Gasteiger partial charge < -0.3 is 19.3 Å². The van der Waals surface area contributed by atoms with Gasteiger partial charge in [0.1, 0.15) is 18.0 Å². The molecule has 0 spiro atoms. The molecule has 2 fully saturated rings. The van der Waals surface area contributed by atoms with Crippen molar-refractivity contribution in [3.05, 3.63) is 63.8 Å². The third-order valence-electron chi connectivity index (χ3n) is 6.40. The molecular weight excluding hydrogens is 413 g/mol. The fraction of sp³-hybridized carbons (Fsp3) is 0.375. The largest absolute Gasteiger partial charge is 0.477 e. The van der Waals surface area contributed by atoms with Crippen molar-refractivity contribution in [3.8, 4) is 5.88 Å². The van der Waals surface area contributed by atoms with Crippen LogP contribution < -0.4 is 15.1 Å².